The summed E-state index contributed by atoms with van der Waals surface area (Å²) in [5.41, 5.74) is 13.8. The van der Waals surface area contributed by atoms with Crippen molar-refractivity contribution in [3.05, 3.63) is 94.5 Å². The third-order valence-electron chi connectivity index (χ3n) is 5.58. The summed E-state index contributed by atoms with van der Waals surface area (Å²) in [5, 5.41) is 7.53. The van der Waals surface area contributed by atoms with Crippen molar-refractivity contribution in [1.82, 2.24) is 14.6 Å². The maximum absolute atomic E-state index is 13.4. The van der Waals surface area contributed by atoms with Crippen LogP contribution >= 0.6 is 0 Å². The lowest BCUT2D eigenvalue weighted by Gasteiger charge is -2.08. The monoisotopic (exact) mass is 448 g/mol. The van der Waals surface area contributed by atoms with E-state index in [0.29, 0.717) is 27.9 Å². The van der Waals surface area contributed by atoms with Gasteiger partial charge in [-0.1, -0.05) is 48.0 Å². The summed E-state index contributed by atoms with van der Waals surface area (Å²) < 4.78 is 1.48. The Morgan fingerprint density at radius 2 is 1.56 bits per heavy atom. The second kappa shape index (κ2) is 8.44. The number of benzene rings is 3. The lowest BCUT2D eigenvalue weighted by molar-refractivity contribution is 0.102. The van der Waals surface area contributed by atoms with Gasteiger partial charge in [-0.25, -0.2) is 9.97 Å². The van der Waals surface area contributed by atoms with Crippen LogP contribution < -0.4 is 11.1 Å². The minimum absolute atomic E-state index is 0.176. The Bertz CT molecular complexity index is 1560. The average molecular weight is 449 g/mol. The number of hydrogen-bond donors (Lipinski definition) is 2. The highest BCUT2D eigenvalue weighted by Gasteiger charge is 2.24. The molecule has 2 heterocycles. The molecular formula is C27H24N6O. The first kappa shape index (κ1) is 21.3. The highest BCUT2D eigenvalue weighted by Crippen LogP contribution is 2.29. The van der Waals surface area contributed by atoms with Crippen LogP contribution in [-0.4, -0.2) is 26.8 Å². The number of hydrogen-bond acceptors (Lipinski definition) is 5. The molecule has 5 aromatic rings. The normalized spacial score (nSPS) is 11.5. The Labute approximate surface area is 197 Å². The van der Waals surface area contributed by atoms with E-state index in [-0.39, 0.29) is 17.3 Å². The summed E-state index contributed by atoms with van der Waals surface area (Å²) in [7, 11) is 0. The molecule has 1 amide bonds. The van der Waals surface area contributed by atoms with Crippen LogP contribution in [0, 0.1) is 20.8 Å². The van der Waals surface area contributed by atoms with E-state index in [2.05, 4.69) is 10.4 Å². The molecule has 7 heteroatoms. The summed E-state index contributed by atoms with van der Waals surface area (Å²) in [6.45, 7) is 6.00. The van der Waals surface area contributed by atoms with E-state index in [1.165, 1.54) is 4.68 Å². The van der Waals surface area contributed by atoms with Crippen LogP contribution in [0.4, 0.5) is 11.5 Å². The highest BCUT2D eigenvalue weighted by atomic mass is 16.1. The predicted molar refractivity (Wildman–Crippen MR) is 137 cm³/mol. The van der Waals surface area contributed by atoms with Gasteiger partial charge < -0.3 is 11.1 Å². The first-order chi connectivity index (χ1) is 16.4. The largest absolute Gasteiger partial charge is 0.383 e. The molecule has 0 spiro atoms. The molecule has 0 radical (unpaired) electrons. The van der Waals surface area contributed by atoms with Crippen LogP contribution in [0.15, 0.2) is 71.8 Å². The third-order valence-corrected chi connectivity index (χ3v) is 5.58. The quantitative estimate of drug-likeness (QED) is 0.368. The van der Waals surface area contributed by atoms with Crippen molar-refractivity contribution in [2.75, 3.05) is 11.1 Å². The second-order valence-electron chi connectivity index (χ2n) is 8.44. The fraction of sp³-hybridized carbons (Fsp3) is 0.111. The number of nitrogens with one attached hydrogen (secondary N) is 1. The fourth-order valence-corrected chi connectivity index (χ4v) is 4.01. The van der Waals surface area contributed by atoms with Gasteiger partial charge in [-0.05, 0) is 61.7 Å². The van der Waals surface area contributed by atoms with Gasteiger partial charge in [-0.2, -0.15) is 9.78 Å². The molecule has 3 aromatic carbocycles. The molecular weight excluding hydrogens is 424 g/mol. The van der Waals surface area contributed by atoms with Gasteiger partial charge in [0.25, 0.3) is 5.91 Å². The van der Waals surface area contributed by atoms with Crippen LogP contribution in [0.2, 0.25) is 0 Å². The van der Waals surface area contributed by atoms with Crippen molar-refractivity contribution in [2.45, 2.75) is 20.8 Å². The van der Waals surface area contributed by atoms with E-state index < -0.39 is 0 Å². The second-order valence-corrected chi connectivity index (χ2v) is 8.44. The number of nitrogen functional groups attached to an aromatic ring is 1. The summed E-state index contributed by atoms with van der Waals surface area (Å²) in [6.07, 6.45) is 1.69. The zero-order valence-electron chi connectivity index (χ0n) is 19.2. The van der Waals surface area contributed by atoms with Crippen molar-refractivity contribution in [3.8, 4) is 0 Å². The molecule has 0 aliphatic rings. The molecule has 0 atom stereocenters. The molecule has 3 N–H and O–H groups in total. The Balaban J connectivity index is 1.65. The molecule has 0 saturated heterocycles. The maximum Gasteiger partial charge on any atom is 0.261 e. The summed E-state index contributed by atoms with van der Waals surface area (Å²) in [6, 6.07) is 21.3. The average Bonchev–Trinajstić information content (AvgIpc) is 3.06. The van der Waals surface area contributed by atoms with Gasteiger partial charge in [-0.15, -0.1) is 0 Å². The van der Waals surface area contributed by atoms with Crippen LogP contribution in [0.3, 0.4) is 0 Å². The van der Waals surface area contributed by atoms with E-state index in [4.69, 9.17) is 15.7 Å². The van der Waals surface area contributed by atoms with Gasteiger partial charge in [0.15, 0.2) is 5.65 Å². The number of fused-ring (bicyclic) bond motifs is 2. The molecule has 0 fully saturated rings. The topological polar surface area (TPSA) is 98.2 Å². The predicted octanol–water partition coefficient (Wildman–Crippen LogP) is 5.23. The molecule has 5 rings (SSSR count). The number of rotatable bonds is 4. The van der Waals surface area contributed by atoms with Crippen LogP contribution in [-0.2, 0) is 0 Å². The number of aromatic nitrogens is 3. The van der Waals surface area contributed by atoms with E-state index >= 15 is 0 Å². The van der Waals surface area contributed by atoms with Crippen molar-refractivity contribution in [3.63, 3.8) is 0 Å². The van der Waals surface area contributed by atoms with E-state index in [9.17, 15) is 4.79 Å². The summed E-state index contributed by atoms with van der Waals surface area (Å²) in [5.74, 6) is -0.183. The number of carbonyl (C=O) groups excluding carboxylic acids is 1. The number of nitrogens with zero attached hydrogens (tertiary/aromatic N) is 4. The van der Waals surface area contributed by atoms with Crippen molar-refractivity contribution >= 4 is 45.8 Å². The number of anilines is 2. The van der Waals surface area contributed by atoms with E-state index in [1.807, 2.05) is 87.5 Å². The number of aryl methyl sites for hydroxylation is 3. The number of carbonyl (C=O) groups is 1. The number of para-hydroxylation sites is 2. The first-order valence-electron chi connectivity index (χ1n) is 11.0. The van der Waals surface area contributed by atoms with Gasteiger partial charge in [0.05, 0.1) is 17.2 Å². The molecule has 168 valence electrons. The Morgan fingerprint density at radius 3 is 2.24 bits per heavy atom. The Kier molecular flexibility index (Phi) is 5.30. The summed E-state index contributed by atoms with van der Waals surface area (Å²) >= 11 is 0. The molecule has 0 saturated carbocycles. The van der Waals surface area contributed by atoms with Gasteiger partial charge in [0.1, 0.15) is 16.9 Å². The zero-order valence-corrected chi connectivity index (χ0v) is 19.2. The molecule has 0 bridgehead atoms. The molecule has 7 nitrogen and oxygen atoms in total. The van der Waals surface area contributed by atoms with E-state index in [0.717, 1.165) is 22.3 Å². The lowest BCUT2D eigenvalue weighted by Crippen LogP contribution is -2.14. The number of nitrogens with two attached hydrogens (primary N) is 1. The molecule has 0 aliphatic heterocycles. The molecule has 34 heavy (non-hydrogen) atoms. The zero-order chi connectivity index (χ0) is 23.8. The Hall–Kier alpha value is -4.52. The van der Waals surface area contributed by atoms with Crippen molar-refractivity contribution in [1.29, 1.82) is 0 Å². The van der Waals surface area contributed by atoms with Gasteiger partial charge in [0, 0.05) is 5.69 Å². The lowest BCUT2D eigenvalue weighted by atomic mass is 10.1. The van der Waals surface area contributed by atoms with Gasteiger partial charge in [0.2, 0.25) is 0 Å². The van der Waals surface area contributed by atoms with Crippen LogP contribution in [0.1, 0.15) is 32.6 Å². The maximum atomic E-state index is 13.4. The van der Waals surface area contributed by atoms with Crippen molar-refractivity contribution in [2.24, 2.45) is 5.10 Å². The summed E-state index contributed by atoms with van der Waals surface area (Å²) in [4.78, 5) is 22.9. The first-order valence-corrected chi connectivity index (χ1v) is 11.0. The van der Waals surface area contributed by atoms with E-state index in [1.54, 1.807) is 6.21 Å². The minimum atomic E-state index is -0.360. The molecule has 0 aliphatic carbocycles. The fourth-order valence-electron chi connectivity index (χ4n) is 4.01. The SMILES string of the molecule is Cc1ccc(/C=N\n2c(N)c(C(=O)Nc3cc(C)cc(C)c3)c3nc4ccccc4nc32)cc1. The van der Waals surface area contributed by atoms with Crippen LogP contribution in [0.25, 0.3) is 22.2 Å². The van der Waals surface area contributed by atoms with Gasteiger partial charge in [-0.3, -0.25) is 4.79 Å². The highest BCUT2D eigenvalue weighted by molar-refractivity contribution is 6.16. The third kappa shape index (κ3) is 3.99. The van der Waals surface area contributed by atoms with Crippen molar-refractivity contribution < 1.29 is 4.79 Å². The minimum Gasteiger partial charge on any atom is -0.383 e. The molecule has 2 aromatic heterocycles. The Morgan fingerprint density at radius 1 is 0.912 bits per heavy atom. The standard InChI is InChI=1S/C27H24N6O/c1-16-8-10-19(11-9-16)15-29-33-25(28)23(27(34)30-20-13-17(2)12-18(3)14-20)24-26(33)32-22-7-5-4-6-21(22)31-24/h4-15H,28H2,1-3H3,(H,30,34)/b29-15-. The van der Waals surface area contributed by atoms with Gasteiger partial charge >= 0.3 is 0 Å². The smallest absolute Gasteiger partial charge is 0.261 e. The molecule has 0 unspecified atom stereocenters. The number of amides is 1. The van der Waals surface area contributed by atoms with Crippen LogP contribution in [0.5, 0.6) is 0 Å².